The molecule has 1 aliphatic carbocycles. The van der Waals surface area contributed by atoms with E-state index < -0.39 is 0 Å². The number of carbonyl (C=O) groups is 1. The average Bonchev–Trinajstić information content (AvgIpc) is 3.07. The molecule has 1 aliphatic rings. The van der Waals surface area contributed by atoms with Crippen molar-refractivity contribution in [3.05, 3.63) is 113 Å². The van der Waals surface area contributed by atoms with Gasteiger partial charge in [-0.05, 0) is 79.6 Å². The van der Waals surface area contributed by atoms with E-state index in [0.29, 0.717) is 5.56 Å². The number of carbonyl (C=O) groups excluding carboxylic acids is 1. The SMILES string of the molecule is C[C@@H](NC(=O)c1ccc(-n2c(-c3ccccc3)cc3c2CCCCC3)cc1)c1ccccc1. The van der Waals surface area contributed by atoms with E-state index in [2.05, 4.69) is 58.4 Å². The highest BCUT2D eigenvalue weighted by Gasteiger charge is 2.20. The molecule has 1 N–H and O–H groups in total. The molecule has 0 saturated heterocycles. The third-order valence-corrected chi connectivity index (χ3v) is 6.66. The van der Waals surface area contributed by atoms with E-state index in [0.717, 1.165) is 24.1 Å². The molecule has 3 nitrogen and oxygen atoms in total. The molecule has 1 atom stereocenters. The van der Waals surface area contributed by atoms with Crippen molar-refractivity contribution in [2.45, 2.75) is 45.1 Å². The van der Waals surface area contributed by atoms with E-state index in [1.54, 1.807) is 0 Å². The second kappa shape index (κ2) is 9.50. The molecule has 0 aliphatic heterocycles. The predicted octanol–water partition coefficient (Wildman–Crippen LogP) is 6.90. The number of nitrogens with zero attached hydrogens (tertiary/aromatic N) is 1. The third kappa shape index (κ3) is 4.49. The van der Waals surface area contributed by atoms with Crippen LogP contribution in [-0.2, 0) is 12.8 Å². The minimum Gasteiger partial charge on any atom is -0.346 e. The van der Waals surface area contributed by atoms with Crippen LogP contribution in [0.5, 0.6) is 0 Å². The van der Waals surface area contributed by atoms with E-state index in [-0.39, 0.29) is 11.9 Å². The lowest BCUT2D eigenvalue weighted by atomic mass is 10.1. The molecular formula is C30H30N2O. The molecule has 3 aromatic carbocycles. The Balaban J connectivity index is 1.45. The first-order valence-electron chi connectivity index (χ1n) is 12.0. The van der Waals surface area contributed by atoms with E-state index >= 15 is 0 Å². The molecule has 4 aromatic rings. The van der Waals surface area contributed by atoms with Crippen LogP contribution in [0.15, 0.2) is 91.0 Å². The highest BCUT2D eigenvalue weighted by molar-refractivity contribution is 5.94. The van der Waals surface area contributed by atoms with Gasteiger partial charge in [0, 0.05) is 16.9 Å². The van der Waals surface area contributed by atoms with Crippen LogP contribution in [0, 0.1) is 0 Å². The lowest BCUT2D eigenvalue weighted by molar-refractivity contribution is 0.0940. The van der Waals surface area contributed by atoms with E-state index in [9.17, 15) is 4.79 Å². The number of benzene rings is 3. The highest BCUT2D eigenvalue weighted by Crippen LogP contribution is 2.33. The fourth-order valence-electron chi connectivity index (χ4n) is 4.86. The molecule has 33 heavy (non-hydrogen) atoms. The second-order valence-electron chi connectivity index (χ2n) is 8.92. The van der Waals surface area contributed by atoms with Gasteiger partial charge in [0.2, 0.25) is 0 Å². The van der Waals surface area contributed by atoms with Gasteiger partial charge in [0.1, 0.15) is 0 Å². The van der Waals surface area contributed by atoms with Gasteiger partial charge in [0.05, 0.1) is 11.7 Å². The lowest BCUT2D eigenvalue weighted by Gasteiger charge is -2.16. The normalized spacial score (nSPS) is 14.2. The molecule has 5 rings (SSSR count). The Kier molecular flexibility index (Phi) is 6.12. The van der Waals surface area contributed by atoms with Crippen molar-refractivity contribution < 1.29 is 4.79 Å². The summed E-state index contributed by atoms with van der Waals surface area (Å²) in [5.74, 6) is -0.0486. The minimum atomic E-state index is -0.0486. The topological polar surface area (TPSA) is 34.0 Å². The minimum absolute atomic E-state index is 0.0386. The Morgan fingerprint density at radius 2 is 1.48 bits per heavy atom. The summed E-state index contributed by atoms with van der Waals surface area (Å²) in [7, 11) is 0. The van der Waals surface area contributed by atoms with Crippen LogP contribution in [0.2, 0.25) is 0 Å². The molecule has 1 amide bonds. The largest absolute Gasteiger partial charge is 0.346 e. The number of aryl methyl sites for hydroxylation is 1. The third-order valence-electron chi connectivity index (χ3n) is 6.66. The molecule has 166 valence electrons. The zero-order valence-electron chi connectivity index (χ0n) is 19.1. The lowest BCUT2D eigenvalue weighted by Crippen LogP contribution is -2.26. The zero-order chi connectivity index (χ0) is 22.6. The van der Waals surface area contributed by atoms with Gasteiger partial charge in [0.25, 0.3) is 5.91 Å². The van der Waals surface area contributed by atoms with Crippen LogP contribution in [-0.4, -0.2) is 10.5 Å². The van der Waals surface area contributed by atoms with Crippen LogP contribution < -0.4 is 5.32 Å². The van der Waals surface area contributed by atoms with Gasteiger partial charge in [-0.25, -0.2) is 0 Å². The average molecular weight is 435 g/mol. The maximum Gasteiger partial charge on any atom is 0.251 e. The van der Waals surface area contributed by atoms with Crippen molar-refractivity contribution >= 4 is 5.91 Å². The van der Waals surface area contributed by atoms with Crippen molar-refractivity contribution in [3.63, 3.8) is 0 Å². The summed E-state index contributed by atoms with van der Waals surface area (Å²) in [6.45, 7) is 2.02. The number of hydrogen-bond donors (Lipinski definition) is 1. The predicted molar refractivity (Wildman–Crippen MR) is 135 cm³/mol. The number of hydrogen-bond acceptors (Lipinski definition) is 1. The van der Waals surface area contributed by atoms with Crippen molar-refractivity contribution in [2.24, 2.45) is 0 Å². The summed E-state index contributed by atoms with van der Waals surface area (Å²) in [5, 5.41) is 3.12. The van der Waals surface area contributed by atoms with Crippen molar-refractivity contribution in [2.75, 3.05) is 0 Å². The Labute approximate surface area is 196 Å². The van der Waals surface area contributed by atoms with Gasteiger partial charge < -0.3 is 9.88 Å². The maximum atomic E-state index is 12.9. The molecule has 0 fully saturated rings. The first-order chi connectivity index (χ1) is 16.2. The van der Waals surface area contributed by atoms with Crippen LogP contribution in [0.1, 0.15) is 59.4 Å². The van der Waals surface area contributed by atoms with Crippen LogP contribution in [0.25, 0.3) is 16.9 Å². The number of aromatic nitrogens is 1. The van der Waals surface area contributed by atoms with Crippen LogP contribution in [0.3, 0.4) is 0 Å². The molecule has 1 heterocycles. The van der Waals surface area contributed by atoms with Gasteiger partial charge >= 0.3 is 0 Å². The van der Waals surface area contributed by atoms with E-state index in [4.69, 9.17) is 0 Å². The molecule has 0 bridgehead atoms. The fraction of sp³-hybridized carbons (Fsp3) is 0.233. The Hall–Kier alpha value is -3.59. The van der Waals surface area contributed by atoms with Crippen LogP contribution >= 0.6 is 0 Å². The van der Waals surface area contributed by atoms with E-state index in [1.807, 2.05) is 49.4 Å². The number of amides is 1. The number of nitrogens with one attached hydrogen (secondary N) is 1. The Morgan fingerprint density at radius 3 is 2.21 bits per heavy atom. The molecule has 3 heteroatoms. The van der Waals surface area contributed by atoms with Gasteiger partial charge in [-0.15, -0.1) is 0 Å². The van der Waals surface area contributed by atoms with Crippen molar-refractivity contribution in [1.29, 1.82) is 0 Å². The molecule has 0 unspecified atom stereocenters. The number of rotatable bonds is 5. The number of fused-ring (bicyclic) bond motifs is 1. The highest BCUT2D eigenvalue weighted by atomic mass is 16.1. The van der Waals surface area contributed by atoms with Crippen molar-refractivity contribution in [1.82, 2.24) is 9.88 Å². The maximum absolute atomic E-state index is 12.9. The van der Waals surface area contributed by atoms with Gasteiger partial charge in [-0.1, -0.05) is 67.1 Å². The summed E-state index contributed by atoms with van der Waals surface area (Å²) in [6, 6.07) is 31.1. The zero-order valence-corrected chi connectivity index (χ0v) is 19.1. The first-order valence-corrected chi connectivity index (χ1v) is 12.0. The van der Waals surface area contributed by atoms with Crippen LogP contribution in [0.4, 0.5) is 0 Å². The second-order valence-corrected chi connectivity index (χ2v) is 8.92. The van der Waals surface area contributed by atoms with Gasteiger partial charge in [-0.3, -0.25) is 4.79 Å². The van der Waals surface area contributed by atoms with Gasteiger partial charge in [-0.2, -0.15) is 0 Å². The molecule has 0 spiro atoms. The standard InChI is InChI=1S/C30H30N2O/c1-22(23-11-5-2-6-12-23)31-30(33)25-17-19-27(20-18-25)32-28-16-10-4-9-15-26(28)21-29(32)24-13-7-3-8-14-24/h2-3,5-8,11-14,17-22H,4,9-10,15-16H2,1H3,(H,31,33)/t22-/m1/s1. The summed E-state index contributed by atoms with van der Waals surface area (Å²) in [4.78, 5) is 12.9. The first kappa shape index (κ1) is 21.3. The quantitative estimate of drug-likeness (QED) is 0.340. The van der Waals surface area contributed by atoms with Gasteiger partial charge in [0.15, 0.2) is 0 Å². The summed E-state index contributed by atoms with van der Waals surface area (Å²) in [6.07, 6.45) is 6.00. The smallest absolute Gasteiger partial charge is 0.251 e. The van der Waals surface area contributed by atoms with Crippen molar-refractivity contribution in [3.8, 4) is 16.9 Å². The molecular weight excluding hydrogens is 404 g/mol. The summed E-state index contributed by atoms with van der Waals surface area (Å²) in [5.41, 5.74) is 8.24. The summed E-state index contributed by atoms with van der Waals surface area (Å²) >= 11 is 0. The molecule has 0 saturated carbocycles. The molecule has 1 aromatic heterocycles. The Bertz CT molecular complexity index is 1220. The monoisotopic (exact) mass is 434 g/mol. The fourth-order valence-corrected chi connectivity index (χ4v) is 4.86. The van der Waals surface area contributed by atoms with E-state index in [1.165, 1.54) is 41.8 Å². The molecule has 0 radical (unpaired) electrons. The summed E-state index contributed by atoms with van der Waals surface area (Å²) < 4.78 is 2.41. The Morgan fingerprint density at radius 1 is 0.818 bits per heavy atom.